The van der Waals surface area contributed by atoms with Gasteiger partial charge in [-0.2, -0.15) is 0 Å². The van der Waals surface area contributed by atoms with Crippen molar-refractivity contribution in [3.05, 3.63) is 29.6 Å². The lowest BCUT2D eigenvalue weighted by Crippen LogP contribution is -2.38. The number of carbonyl (C=O) groups excluding carboxylic acids is 1. The van der Waals surface area contributed by atoms with Gasteiger partial charge in [0, 0.05) is 25.3 Å². The number of hydrogen-bond acceptors (Lipinski definition) is 4. The SMILES string of the molecule is CCN(CC(=O)NCCN)Cc1cccc(C)n1. The van der Waals surface area contributed by atoms with Crippen LogP contribution in [0.25, 0.3) is 0 Å². The van der Waals surface area contributed by atoms with Gasteiger partial charge in [-0.1, -0.05) is 13.0 Å². The molecule has 0 fully saturated rings. The van der Waals surface area contributed by atoms with Gasteiger partial charge in [0.25, 0.3) is 0 Å². The second-order valence-electron chi connectivity index (χ2n) is 4.21. The van der Waals surface area contributed by atoms with E-state index in [2.05, 4.69) is 10.3 Å². The largest absolute Gasteiger partial charge is 0.354 e. The zero-order valence-corrected chi connectivity index (χ0v) is 11.1. The van der Waals surface area contributed by atoms with Crippen molar-refractivity contribution in [2.45, 2.75) is 20.4 Å². The van der Waals surface area contributed by atoms with Crippen molar-refractivity contribution >= 4 is 5.91 Å². The van der Waals surface area contributed by atoms with E-state index in [9.17, 15) is 4.79 Å². The zero-order chi connectivity index (χ0) is 13.4. The van der Waals surface area contributed by atoms with E-state index in [0.717, 1.165) is 17.9 Å². The molecule has 1 aromatic heterocycles. The minimum atomic E-state index is 0.00922. The van der Waals surface area contributed by atoms with E-state index in [-0.39, 0.29) is 5.91 Å². The number of nitrogens with two attached hydrogens (primary N) is 1. The summed E-state index contributed by atoms with van der Waals surface area (Å²) in [5.41, 5.74) is 7.33. The number of pyridine rings is 1. The zero-order valence-electron chi connectivity index (χ0n) is 11.1. The molecule has 0 atom stereocenters. The molecule has 1 amide bonds. The van der Waals surface area contributed by atoms with Crippen LogP contribution in [-0.2, 0) is 11.3 Å². The van der Waals surface area contributed by atoms with Crippen molar-refractivity contribution in [2.75, 3.05) is 26.2 Å². The van der Waals surface area contributed by atoms with Gasteiger partial charge in [0.15, 0.2) is 0 Å². The molecule has 0 aliphatic rings. The molecule has 0 radical (unpaired) electrons. The number of rotatable bonds is 7. The van der Waals surface area contributed by atoms with Gasteiger partial charge in [-0.3, -0.25) is 14.7 Å². The van der Waals surface area contributed by atoms with Gasteiger partial charge < -0.3 is 11.1 Å². The lowest BCUT2D eigenvalue weighted by Gasteiger charge is -2.19. The van der Waals surface area contributed by atoms with Gasteiger partial charge in [0.1, 0.15) is 0 Å². The molecule has 100 valence electrons. The Morgan fingerprint density at radius 2 is 2.28 bits per heavy atom. The highest BCUT2D eigenvalue weighted by atomic mass is 16.2. The van der Waals surface area contributed by atoms with Crippen molar-refractivity contribution < 1.29 is 4.79 Å². The smallest absolute Gasteiger partial charge is 0.234 e. The number of aryl methyl sites for hydroxylation is 1. The first kappa shape index (κ1) is 14.6. The van der Waals surface area contributed by atoms with Crippen LogP contribution >= 0.6 is 0 Å². The third-order valence-corrected chi connectivity index (χ3v) is 2.61. The predicted octanol–water partition coefficient (Wildman–Crippen LogP) is 0.287. The van der Waals surface area contributed by atoms with E-state index in [1.54, 1.807) is 0 Å². The molecule has 1 aromatic rings. The summed E-state index contributed by atoms with van der Waals surface area (Å²) in [6.07, 6.45) is 0. The normalized spacial score (nSPS) is 10.7. The molecule has 5 nitrogen and oxygen atoms in total. The Balaban J connectivity index is 2.49. The average molecular weight is 250 g/mol. The van der Waals surface area contributed by atoms with E-state index in [0.29, 0.717) is 26.2 Å². The van der Waals surface area contributed by atoms with Crippen LogP contribution in [0, 0.1) is 6.92 Å². The van der Waals surface area contributed by atoms with Gasteiger partial charge in [0.05, 0.1) is 12.2 Å². The fraction of sp³-hybridized carbons (Fsp3) is 0.538. The molecule has 0 aromatic carbocycles. The van der Waals surface area contributed by atoms with E-state index in [1.165, 1.54) is 0 Å². The number of nitrogens with one attached hydrogen (secondary N) is 1. The van der Waals surface area contributed by atoms with Crippen molar-refractivity contribution in [1.29, 1.82) is 0 Å². The average Bonchev–Trinajstić information content (AvgIpc) is 2.35. The summed E-state index contributed by atoms with van der Waals surface area (Å²) in [5, 5.41) is 2.77. The van der Waals surface area contributed by atoms with E-state index >= 15 is 0 Å². The van der Waals surface area contributed by atoms with Gasteiger partial charge in [-0.25, -0.2) is 0 Å². The highest BCUT2D eigenvalue weighted by Crippen LogP contribution is 2.02. The second-order valence-corrected chi connectivity index (χ2v) is 4.21. The maximum Gasteiger partial charge on any atom is 0.234 e. The number of likely N-dealkylation sites (N-methyl/N-ethyl adjacent to an activating group) is 1. The molecule has 0 saturated heterocycles. The first-order valence-electron chi connectivity index (χ1n) is 6.27. The van der Waals surface area contributed by atoms with Gasteiger partial charge in [-0.05, 0) is 25.6 Å². The number of aromatic nitrogens is 1. The number of carbonyl (C=O) groups is 1. The molecule has 1 rings (SSSR count). The molecule has 5 heteroatoms. The molecule has 0 spiro atoms. The monoisotopic (exact) mass is 250 g/mol. The predicted molar refractivity (Wildman–Crippen MR) is 72.0 cm³/mol. The Morgan fingerprint density at radius 3 is 2.89 bits per heavy atom. The van der Waals surface area contributed by atoms with E-state index < -0.39 is 0 Å². The highest BCUT2D eigenvalue weighted by molar-refractivity contribution is 5.77. The lowest BCUT2D eigenvalue weighted by atomic mass is 10.3. The third kappa shape index (κ3) is 5.25. The quantitative estimate of drug-likeness (QED) is 0.729. The van der Waals surface area contributed by atoms with Crippen molar-refractivity contribution in [3.63, 3.8) is 0 Å². The molecule has 18 heavy (non-hydrogen) atoms. The Labute approximate surface area is 108 Å². The van der Waals surface area contributed by atoms with Gasteiger partial charge in [0.2, 0.25) is 5.91 Å². The Hall–Kier alpha value is -1.46. The summed E-state index contributed by atoms with van der Waals surface area (Å²) in [6.45, 7) is 6.88. The van der Waals surface area contributed by atoms with Crippen LogP contribution in [-0.4, -0.2) is 42.0 Å². The standard InChI is InChI=1S/C13H22N4O/c1-3-17(10-13(18)15-8-7-14)9-12-6-4-5-11(2)16-12/h4-6H,3,7-10,14H2,1-2H3,(H,15,18). The Kier molecular flexibility index (Phi) is 6.32. The first-order valence-corrected chi connectivity index (χ1v) is 6.27. The van der Waals surface area contributed by atoms with Crippen molar-refractivity contribution in [1.82, 2.24) is 15.2 Å². The molecule has 0 unspecified atom stereocenters. The molecule has 1 heterocycles. The summed E-state index contributed by atoms with van der Waals surface area (Å²) >= 11 is 0. The van der Waals surface area contributed by atoms with Crippen LogP contribution in [0.4, 0.5) is 0 Å². The maximum absolute atomic E-state index is 11.6. The molecule has 0 aliphatic heterocycles. The molecule has 0 bridgehead atoms. The number of nitrogens with zero attached hydrogens (tertiary/aromatic N) is 2. The topological polar surface area (TPSA) is 71.2 Å². The second kappa shape index (κ2) is 7.79. The van der Waals surface area contributed by atoms with Gasteiger partial charge in [-0.15, -0.1) is 0 Å². The van der Waals surface area contributed by atoms with Crippen molar-refractivity contribution in [2.24, 2.45) is 5.73 Å². The van der Waals surface area contributed by atoms with Crippen LogP contribution in [0.15, 0.2) is 18.2 Å². The van der Waals surface area contributed by atoms with E-state index in [1.807, 2.05) is 36.9 Å². The van der Waals surface area contributed by atoms with Crippen molar-refractivity contribution in [3.8, 4) is 0 Å². The van der Waals surface area contributed by atoms with Crippen LogP contribution in [0.2, 0.25) is 0 Å². The molecular weight excluding hydrogens is 228 g/mol. The summed E-state index contributed by atoms with van der Waals surface area (Å²) in [6, 6.07) is 5.93. The maximum atomic E-state index is 11.6. The molecule has 0 saturated carbocycles. The number of hydrogen-bond donors (Lipinski definition) is 2. The Bertz CT molecular complexity index is 381. The summed E-state index contributed by atoms with van der Waals surface area (Å²) in [5.74, 6) is 0.00922. The molecule has 0 aliphatic carbocycles. The third-order valence-electron chi connectivity index (χ3n) is 2.61. The lowest BCUT2D eigenvalue weighted by molar-refractivity contribution is -0.122. The molecule has 3 N–H and O–H groups in total. The Morgan fingerprint density at radius 1 is 1.50 bits per heavy atom. The fourth-order valence-electron chi connectivity index (χ4n) is 1.67. The van der Waals surface area contributed by atoms with Crippen LogP contribution < -0.4 is 11.1 Å². The molecular formula is C13H22N4O. The van der Waals surface area contributed by atoms with Crippen LogP contribution in [0.1, 0.15) is 18.3 Å². The summed E-state index contributed by atoms with van der Waals surface area (Å²) in [7, 11) is 0. The highest BCUT2D eigenvalue weighted by Gasteiger charge is 2.09. The summed E-state index contributed by atoms with van der Waals surface area (Å²) in [4.78, 5) is 18.1. The van der Waals surface area contributed by atoms with E-state index in [4.69, 9.17) is 5.73 Å². The summed E-state index contributed by atoms with van der Waals surface area (Å²) < 4.78 is 0. The van der Waals surface area contributed by atoms with Crippen LogP contribution in [0.5, 0.6) is 0 Å². The minimum absolute atomic E-state index is 0.00922. The minimum Gasteiger partial charge on any atom is -0.354 e. The van der Waals surface area contributed by atoms with Gasteiger partial charge >= 0.3 is 0 Å². The fourth-order valence-corrected chi connectivity index (χ4v) is 1.67. The first-order chi connectivity index (χ1) is 8.65. The number of amides is 1. The van der Waals surface area contributed by atoms with Crippen LogP contribution in [0.3, 0.4) is 0 Å².